The minimum atomic E-state index is -0.125. The van der Waals surface area contributed by atoms with Crippen LogP contribution in [0.25, 0.3) is 0 Å². The Bertz CT molecular complexity index is 619. The van der Waals surface area contributed by atoms with E-state index < -0.39 is 0 Å². The molecule has 2 aromatic rings. The van der Waals surface area contributed by atoms with Gasteiger partial charge in [0.1, 0.15) is 0 Å². The summed E-state index contributed by atoms with van der Waals surface area (Å²) in [5.74, 6) is 0.622. The lowest BCUT2D eigenvalue weighted by molar-refractivity contribution is 0.0954. The highest BCUT2D eigenvalue weighted by atomic mass is 127. The van der Waals surface area contributed by atoms with Crippen molar-refractivity contribution in [1.82, 2.24) is 20.9 Å². The third-order valence-corrected chi connectivity index (χ3v) is 3.81. The average Bonchev–Trinajstić information content (AvgIpc) is 3.10. The summed E-state index contributed by atoms with van der Waals surface area (Å²) in [6.07, 6.45) is 3.19. The van der Waals surface area contributed by atoms with Crippen molar-refractivity contribution in [1.29, 1.82) is 0 Å². The topological polar surface area (TPSA) is 78.4 Å². The van der Waals surface area contributed by atoms with Crippen LogP contribution in [0, 0.1) is 0 Å². The van der Waals surface area contributed by atoms with Crippen molar-refractivity contribution in [3.63, 3.8) is 0 Å². The Morgan fingerprint density at radius 3 is 2.71 bits per heavy atom. The van der Waals surface area contributed by atoms with Crippen molar-refractivity contribution >= 4 is 47.2 Å². The zero-order valence-electron chi connectivity index (χ0n) is 13.5. The normalized spacial score (nSPS) is 10.6. The monoisotopic (exact) mass is 459 g/mol. The summed E-state index contributed by atoms with van der Waals surface area (Å²) in [6.45, 7) is 4.57. The van der Waals surface area contributed by atoms with Gasteiger partial charge in [-0.1, -0.05) is 6.07 Å². The molecule has 130 valence electrons. The Labute approximate surface area is 163 Å². The van der Waals surface area contributed by atoms with E-state index in [4.69, 9.17) is 0 Å². The molecule has 0 aliphatic carbocycles. The zero-order chi connectivity index (χ0) is 16.3. The molecule has 0 saturated heterocycles. The molecule has 2 heterocycles. The standard InChI is InChI=1S/C16H21N5OS.HI/c1-2-18-16(21-12-14-6-4-10-23-14)20-9-8-19-15(22)13-5-3-7-17-11-13;/h3-7,10-11H,2,8-9,12H2,1H3,(H,19,22)(H2,18,20,21);1H. The van der Waals surface area contributed by atoms with Crippen LogP contribution in [0.15, 0.2) is 47.0 Å². The van der Waals surface area contributed by atoms with Crippen LogP contribution in [0.5, 0.6) is 0 Å². The molecule has 0 bridgehead atoms. The first kappa shape index (κ1) is 20.4. The maximum absolute atomic E-state index is 11.9. The molecular weight excluding hydrogens is 437 g/mol. The fraction of sp³-hybridized carbons (Fsp3) is 0.312. The van der Waals surface area contributed by atoms with Crippen LogP contribution in [0.4, 0.5) is 0 Å². The molecule has 0 radical (unpaired) electrons. The maximum atomic E-state index is 11.9. The Morgan fingerprint density at radius 2 is 2.04 bits per heavy atom. The number of pyridine rings is 1. The molecule has 2 aromatic heterocycles. The SMILES string of the molecule is CCNC(=NCc1cccs1)NCCNC(=O)c1cccnc1.I. The fourth-order valence-electron chi connectivity index (χ4n) is 1.86. The van der Waals surface area contributed by atoms with Crippen LogP contribution in [0.2, 0.25) is 0 Å². The second-order valence-corrected chi connectivity index (χ2v) is 5.73. The lowest BCUT2D eigenvalue weighted by atomic mass is 10.3. The molecule has 8 heteroatoms. The van der Waals surface area contributed by atoms with Crippen LogP contribution in [-0.4, -0.2) is 36.5 Å². The number of nitrogens with zero attached hydrogens (tertiary/aromatic N) is 2. The van der Waals surface area contributed by atoms with Gasteiger partial charge in [0.2, 0.25) is 0 Å². The van der Waals surface area contributed by atoms with Crippen molar-refractivity contribution in [2.45, 2.75) is 13.5 Å². The van der Waals surface area contributed by atoms with Gasteiger partial charge >= 0.3 is 0 Å². The molecule has 0 aliphatic heterocycles. The van der Waals surface area contributed by atoms with Gasteiger partial charge in [0, 0.05) is 36.9 Å². The van der Waals surface area contributed by atoms with E-state index in [-0.39, 0.29) is 29.9 Å². The molecule has 0 aromatic carbocycles. The second kappa shape index (κ2) is 11.8. The highest BCUT2D eigenvalue weighted by Crippen LogP contribution is 2.09. The minimum Gasteiger partial charge on any atom is -0.357 e. The summed E-state index contributed by atoms with van der Waals surface area (Å²) in [6, 6.07) is 7.56. The van der Waals surface area contributed by atoms with Crippen molar-refractivity contribution in [3.05, 3.63) is 52.5 Å². The number of carbonyl (C=O) groups excluding carboxylic acids is 1. The minimum absolute atomic E-state index is 0. The van der Waals surface area contributed by atoms with Crippen LogP contribution in [0.1, 0.15) is 22.2 Å². The van der Waals surface area contributed by atoms with Crippen molar-refractivity contribution in [2.24, 2.45) is 4.99 Å². The van der Waals surface area contributed by atoms with Crippen LogP contribution >= 0.6 is 35.3 Å². The molecule has 6 nitrogen and oxygen atoms in total. The molecule has 2 rings (SSSR count). The van der Waals surface area contributed by atoms with E-state index in [1.54, 1.807) is 35.9 Å². The van der Waals surface area contributed by atoms with Gasteiger partial charge in [0.25, 0.3) is 5.91 Å². The summed E-state index contributed by atoms with van der Waals surface area (Å²) in [5, 5.41) is 11.3. The first-order chi connectivity index (χ1) is 11.3. The number of guanidine groups is 1. The molecular formula is C16H22IN5OS. The number of amides is 1. The number of carbonyl (C=O) groups is 1. The van der Waals surface area contributed by atoms with Crippen molar-refractivity contribution in [3.8, 4) is 0 Å². The number of thiophene rings is 1. The van der Waals surface area contributed by atoms with Gasteiger partial charge in [-0.2, -0.15) is 0 Å². The highest BCUT2D eigenvalue weighted by Gasteiger charge is 2.04. The number of nitrogens with one attached hydrogen (secondary N) is 3. The van der Waals surface area contributed by atoms with Gasteiger partial charge in [0.15, 0.2) is 5.96 Å². The molecule has 0 aliphatic rings. The molecule has 0 saturated carbocycles. The Kier molecular flexibility index (Phi) is 10.0. The lowest BCUT2D eigenvalue weighted by Gasteiger charge is -2.11. The molecule has 0 atom stereocenters. The summed E-state index contributed by atoms with van der Waals surface area (Å²) >= 11 is 1.69. The van der Waals surface area contributed by atoms with Crippen LogP contribution in [0.3, 0.4) is 0 Å². The summed E-state index contributed by atoms with van der Waals surface area (Å²) in [4.78, 5) is 21.5. The van der Waals surface area contributed by atoms with E-state index in [1.807, 2.05) is 18.4 Å². The first-order valence-electron chi connectivity index (χ1n) is 7.52. The average molecular weight is 459 g/mol. The van der Waals surface area contributed by atoms with Gasteiger partial charge in [-0.15, -0.1) is 35.3 Å². The number of halogens is 1. The summed E-state index contributed by atoms with van der Waals surface area (Å²) < 4.78 is 0. The van der Waals surface area contributed by atoms with E-state index >= 15 is 0 Å². The van der Waals surface area contributed by atoms with Crippen molar-refractivity contribution < 1.29 is 4.79 Å². The smallest absolute Gasteiger partial charge is 0.252 e. The van der Waals surface area contributed by atoms with Gasteiger partial charge in [-0.05, 0) is 30.5 Å². The fourth-order valence-corrected chi connectivity index (χ4v) is 2.49. The van der Waals surface area contributed by atoms with E-state index in [9.17, 15) is 4.79 Å². The van der Waals surface area contributed by atoms with Gasteiger partial charge < -0.3 is 16.0 Å². The Morgan fingerprint density at radius 1 is 1.21 bits per heavy atom. The Hall–Kier alpha value is -1.68. The zero-order valence-corrected chi connectivity index (χ0v) is 16.6. The van der Waals surface area contributed by atoms with Crippen molar-refractivity contribution in [2.75, 3.05) is 19.6 Å². The molecule has 1 amide bonds. The summed E-state index contributed by atoms with van der Waals surface area (Å²) in [7, 11) is 0. The maximum Gasteiger partial charge on any atom is 0.252 e. The summed E-state index contributed by atoms with van der Waals surface area (Å²) in [5.41, 5.74) is 0.561. The van der Waals surface area contributed by atoms with Crippen LogP contribution < -0.4 is 16.0 Å². The highest BCUT2D eigenvalue weighted by molar-refractivity contribution is 14.0. The largest absolute Gasteiger partial charge is 0.357 e. The predicted octanol–water partition coefficient (Wildman–Crippen LogP) is 2.25. The molecule has 3 N–H and O–H groups in total. The molecule has 0 spiro atoms. The third-order valence-electron chi connectivity index (χ3n) is 2.94. The van der Waals surface area contributed by atoms with Crippen LogP contribution in [-0.2, 0) is 6.54 Å². The van der Waals surface area contributed by atoms with Gasteiger partial charge in [-0.3, -0.25) is 9.78 Å². The van der Waals surface area contributed by atoms with Gasteiger partial charge in [-0.25, -0.2) is 4.99 Å². The number of hydrogen-bond acceptors (Lipinski definition) is 4. The number of aromatic nitrogens is 1. The number of hydrogen-bond donors (Lipinski definition) is 3. The number of rotatable bonds is 7. The van der Waals surface area contributed by atoms with E-state index in [1.165, 1.54) is 4.88 Å². The molecule has 24 heavy (non-hydrogen) atoms. The lowest BCUT2D eigenvalue weighted by Crippen LogP contribution is -2.41. The molecule has 0 fully saturated rings. The first-order valence-corrected chi connectivity index (χ1v) is 8.40. The Balaban J connectivity index is 0.00000288. The van der Waals surface area contributed by atoms with E-state index in [0.717, 1.165) is 12.5 Å². The second-order valence-electron chi connectivity index (χ2n) is 4.70. The van der Waals surface area contributed by atoms with Gasteiger partial charge in [0.05, 0.1) is 12.1 Å². The predicted molar refractivity (Wildman–Crippen MR) is 109 cm³/mol. The third kappa shape index (κ3) is 7.26. The van der Waals surface area contributed by atoms with E-state index in [2.05, 4.69) is 32.0 Å². The quantitative estimate of drug-likeness (QED) is 0.257. The van der Waals surface area contributed by atoms with E-state index in [0.29, 0.717) is 25.2 Å². The number of aliphatic imine (C=N–C) groups is 1. The molecule has 0 unspecified atom stereocenters.